The molecule has 6 nitrogen and oxygen atoms in total. The molecule has 0 saturated carbocycles. The lowest BCUT2D eigenvalue weighted by atomic mass is 9.83. The number of carbonyl (C=O) groups excluding carboxylic acids is 1. The number of carbonyl (C=O) groups is 1. The van der Waals surface area contributed by atoms with E-state index in [1.54, 1.807) is 48.5 Å². The minimum Gasteiger partial charge on any atom is -0.384 e. The highest BCUT2D eigenvalue weighted by molar-refractivity contribution is 7.07. The molecule has 4 aromatic rings. The summed E-state index contributed by atoms with van der Waals surface area (Å²) in [5.74, 6) is -1.33. The van der Waals surface area contributed by atoms with E-state index in [-0.39, 0.29) is 23.5 Å². The maximum Gasteiger partial charge on any atom is 0.274 e. The Hall–Kier alpha value is -4.09. The topological polar surface area (TPSA) is 101 Å². The van der Waals surface area contributed by atoms with Crippen molar-refractivity contribution >= 4 is 57.9 Å². The first kappa shape index (κ1) is 25.6. The number of nitrogens with zero attached hydrogens (tertiary/aromatic N) is 2. The number of fused-ring (bicyclic) bond motifs is 1. The summed E-state index contributed by atoms with van der Waals surface area (Å²) in [6.07, 6.45) is 1.66. The molecular weight excluding hydrogens is 539 g/mol. The fourth-order valence-corrected chi connectivity index (χ4v) is 6.00. The number of aromatic nitrogens is 1. The van der Waals surface area contributed by atoms with Crippen LogP contribution in [-0.2, 0) is 11.3 Å². The van der Waals surface area contributed by atoms with Crippen LogP contribution >= 0.6 is 34.5 Å². The molecule has 1 unspecified atom stereocenters. The van der Waals surface area contributed by atoms with Crippen molar-refractivity contribution in [2.24, 2.45) is 5.73 Å². The molecule has 1 aliphatic rings. The minimum absolute atomic E-state index is 0.0351. The normalized spacial score (nSPS) is 15.2. The van der Waals surface area contributed by atoms with Gasteiger partial charge in [0.15, 0.2) is 0 Å². The molecule has 1 aliphatic heterocycles. The van der Waals surface area contributed by atoms with E-state index in [1.807, 2.05) is 36.4 Å². The lowest BCUT2D eigenvalue weighted by Gasteiger charge is -2.26. The largest absolute Gasteiger partial charge is 0.384 e. The highest BCUT2D eigenvalue weighted by Crippen LogP contribution is 2.39. The summed E-state index contributed by atoms with van der Waals surface area (Å²) in [5.41, 5.74) is 8.38. The van der Waals surface area contributed by atoms with Crippen molar-refractivity contribution in [3.05, 3.63) is 131 Å². The zero-order chi connectivity index (χ0) is 26.8. The molecule has 3 aromatic carbocycles. The highest BCUT2D eigenvalue weighted by atomic mass is 35.5. The van der Waals surface area contributed by atoms with Gasteiger partial charge in [0.1, 0.15) is 10.5 Å². The molecule has 2 heterocycles. The van der Waals surface area contributed by atoms with Crippen molar-refractivity contribution in [2.75, 3.05) is 0 Å². The van der Waals surface area contributed by atoms with Crippen molar-refractivity contribution in [1.82, 2.24) is 9.88 Å². The van der Waals surface area contributed by atoms with E-state index >= 15 is 0 Å². The molecule has 0 bridgehead atoms. The Morgan fingerprint density at radius 2 is 1.68 bits per heavy atom. The molecule has 188 valence electrons. The average molecular weight is 559 g/mol. The summed E-state index contributed by atoms with van der Waals surface area (Å²) in [4.78, 5) is 27.4. The molecule has 1 atom stereocenters. The molecule has 0 radical (unpaired) electrons. The SMILES string of the molecule is N#CC1=C(N)n2c(s/c(=C\c3ccccc3Cl)c2=O)=C(C(=O)NCc2ccccc2)C1c1ccccc1Cl. The summed E-state index contributed by atoms with van der Waals surface area (Å²) in [6.45, 7) is 0.258. The third-order valence-electron chi connectivity index (χ3n) is 6.22. The number of hydrogen-bond acceptors (Lipinski definition) is 5. The zero-order valence-corrected chi connectivity index (χ0v) is 22.1. The third-order valence-corrected chi connectivity index (χ3v) is 8.01. The predicted molar refractivity (Wildman–Crippen MR) is 152 cm³/mol. The van der Waals surface area contributed by atoms with Crippen molar-refractivity contribution < 1.29 is 4.79 Å². The number of thiazole rings is 1. The fraction of sp³-hybridized carbons (Fsp3) is 0.0690. The Kier molecular flexibility index (Phi) is 7.21. The first-order valence-electron chi connectivity index (χ1n) is 11.6. The van der Waals surface area contributed by atoms with Gasteiger partial charge in [0, 0.05) is 16.6 Å². The predicted octanol–water partition coefficient (Wildman–Crippen LogP) is 3.96. The molecule has 0 saturated heterocycles. The van der Waals surface area contributed by atoms with E-state index in [4.69, 9.17) is 28.9 Å². The van der Waals surface area contributed by atoms with Crippen LogP contribution in [0.25, 0.3) is 17.5 Å². The number of nitrogens with one attached hydrogen (secondary N) is 1. The van der Waals surface area contributed by atoms with Gasteiger partial charge >= 0.3 is 0 Å². The zero-order valence-electron chi connectivity index (χ0n) is 19.8. The fourth-order valence-electron chi connectivity index (χ4n) is 4.39. The highest BCUT2D eigenvalue weighted by Gasteiger charge is 2.36. The summed E-state index contributed by atoms with van der Waals surface area (Å²) < 4.78 is 1.89. The average Bonchev–Trinajstić information content (AvgIpc) is 3.25. The quantitative estimate of drug-likeness (QED) is 0.387. The molecule has 0 spiro atoms. The van der Waals surface area contributed by atoms with Crippen LogP contribution < -0.4 is 25.8 Å². The van der Waals surface area contributed by atoms with Crippen LogP contribution in [0.3, 0.4) is 0 Å². The second-order valence-corrected chi connectivity index (χ2v) is 10.4. The molecular formula is C29H20Cl2N4O2S. The van der Waals surface area contributed by atoms with E-state index in [9.17, 15) is 14.9 Å². The van der Waals surface area contributed by atoms with Gasteiger partial charge in [-0.2, -0.15) is 5.26 Å². The number of halogens is 2. The third kappa shape index (κ3) is 4.66. The lowest BCUT2D eigenvalue weighted by Crippen LogP contribution is -2.42. The van der Waals surface area contributed by atoms with Crippen LogP contribution in [-0.4, -0.2) is 10.5 Å². The smallest absolute Gasteiger partial charge is 0.274 e. The molecule has 1 amide bonds. The van der Waals surface area contributed by atoms with E-state index < -0.39 is 17.4 Å². The van der Waals surface area contributed by atoms with Crippen molar-refractivity contribution in [1.29, 1.82) is 5.26 Å². The number of allylic oxidation sites excluding steroid dienone is 1. The standard InChI is InChI=1S/C29H20Cl2N4O2S/c30-21-12-6-4-10-18(21)14-23-28(37)35-26(33)20(15-32)24(19-11-5-7-13-22(19)31)25(29(35)38-23)27(36)34-16-17-8-2-1-3-9-17/h1-14,24H,16,33H2,(H,34,36)/b23-14-. The van der Waals surface area contributed by atoms with Gasteiger partial charge in [0.2, 0.25) is 0 Å². The lowest BCUT2D eigenvalue weighted by molar-refractivity contribution is -0.116. The van der Waals surface area contributed by atoms with E-state index in [1.165, 1.54) is 4.57 Å². The van der Waals surface area contributed by atoms with Crippen molar-refractivity contribution in [3.63, 3.8) is 0 Å². The van der Waals surface area contributed by atoms with E-state index in [2.05, 4.69) is 11.4 Å². The second kappa shape index (κ2) is 10.7. The second-order valence-electron chi connectivity index (χ2n) is 8.53. The Balaban J connectivity index is 1.78. The summed E-state index contributed by atoms with van der Waals surface area (Å²) in [6, 6.07) is 25.7. The number of benzene rings is 3. The number of hydrogen-bond donors (Lipinski definition) is 2. The van der Waals surface area contributed by atoms with Crippen LogP contribution in [0.15, 0.2) is 89.2 Å². The maximum absolute atomic E-state index is 13.8. The van der Waals surface area contributed by atoms with Crippen LogP contribution in [0.4, 0.5) is 0 Å². The minimum atomic E-state index is -0.865. The molecule has 9 heteroatoms. The van der Waals surface area contributed by atoms with Gasteiger partial charge in [0.25, 0.3) is 11.5 Å². The number of amides is 1. The molecule has 0 aliphatic carbocycles. The monoisotopic (exact) mass is 558 g/mol. The van der Waals surface area contributed by atoms with Gasteiger partial charge in [-0.1, -0.05) is 89.9 Å². The van der Waals surface area contributed by atoms with Crippen LogP contribution in [0.1, 0.15) is 22.6 Å². The van der Waals surface area contributed by atoms with Crippen LogP contribution in [0.2, 0.25) is 10.0 Å². The van der Waals surface area contributed by atoms with Crippen molar-refractivity contribution in [3.8, 4) is 6.07 Å². The molecule has 1 aromatic heterocycles. The Morgan fingerprint density at radius 1 is 1.03 bits per heavy atom. The van der Waals surface area contributed by atoms with Crippen molar-refractivity contribution in [2.45, 2.75) is 12.5 Å². The van der Waals surface area contributed by atoms with Gasteiger partial charge < -0.3 is 11.1 Å². The van der Waals surface area contributed by atoms with E-state index in [0.29, 0.717) is 30.4 Å². The number of rotatable bonds is 5. The molecule has 38 heavy (non-hydrogen) atoms. The summed E-state index contributed by atoms with van der Waals surface area (Å²) >= 11 is 14.0. The number of nitriles is 1. The molecule has 5 rings (SSSR count). The van der Waals surface area contributed by atoms with E-state index in [0.717, 1.165) is 16.9 Å². The van der Waals surface area contributed by atoms with Gasteiger partial charge in [-0.15, -0.1) is 11.3 Å². The number of nitrogens with two attached hydrogens (primary N) is 1. The molecule has 0 fully saturated rings. The van der Waals surface area contributed by atoms with Gasteiger partial charge in [-0.25, -0.2) is 0 Å². The molecule has 3 N–H and O–H groups in total. The Labute approximate surface area is 232 Å². The summed E-state index contributed by atoms with van der Waals surface area (Å²) in [7, 11) is 0. The first-order valence-corrected chi connectivity index (χ1v) is 13.2. The van der Waals surface area contributed by atoms with Crippen LogP contribution in [0, 0.1) is 11.3 Å². The van der Waals surface area contributed by atoms with Gasteiger partial charge in [0.05, 0.1) is 27.7 Å². The maximum atomic E-state index is 13.8. The first-order chi connectivity index (χ1) is 18.4. The Morgan fingerprint density at radius 3 is 2.37 bits per heavy atom. The van der Waals surface area contributed by atoms with Gasteiger partial charge in [-0.05, 0) is 34.9 Å². The summed E-state index contributed by atoms with van der Waals surface area (Å²) in [5, 5.41) is 14.0. The van der Waals surface area contributed by atoms with Gasteiger partial charge in [-0.3, -0.25) is 14.2 Å². The Bertz CT molecular complexity index is 1820. The van der Waals surface area contributed by atoms with Crippen LogP contribution in [0.5, 0.6) is 0 Å².